The molecule has 0 amide bonds. The Kier molecular flexibility index (Phi) is 3.98. The van der Waals surface area contributed by atoms with Gasteiger partial charge in [0.2, 0.25) is 5.75 Å². The lowest BCUT2D eigenvalue weighted by molar-refractivity contribution is -0.388. The quantitative estimate of drug-likeness (QED) is 0.630. The predicted molar refractivity (Wildman–Crippen MR) is 63.9 cm³/mol. The van der Waals surface area contributed by atoms with Crippen LogP contribution in [0, 0.1) is 10.1 Å². The number of nitro groups is 1. The van der Waals surface area contributed by atoms with Crippen LogP contribution in [-0.4, -0.2) is 37.5 Å². The Hall–Kier alpha value is -2.03. The zero-order chi connectivity index (χ0) is 14.8. The summed E-state index contributed by atoms with van der Waals surface area (Å²) in [6, 6.07) is 3.43. The van der Waals surface area contributed by atoms with Crippen molar-refractivity contribution in [3.8, 4) is 5.75 Å². The number of halogens is 3. The fourth-order valence-corrected chi connectivity index (χ4v) is 1.92. The van der Waals surface area contributed by atoms with E-state index in [2.05, 4.69) is 10.1 Å². The Morgan fingerprint density at radius 1 is 1.30 bits per heavy atom. The molecular weight excluding hydrogens is 279 g/mol. The summed E-state index contributed by atoms with van der Waals surface area (Å²) >= 11 is 0. The number of ether oxygens (including phenoxy) is 1. The van der Waals surface area contributed by atoms with Crippen LogP contribution in [0.15, 0.2) is 18.2 Å². The second-order valence-corrected chi connectivity index (χ2v) is 4.11. The first-order valence-electron chi connectivity index (χ1n) is 5.79. The molecule has 20 heavy (non-hydrogen) atoms. The molecule has 0 bridgehead atoms. The van der Waals surface area contributed by atoms with Gasteiger partial charge in [0.15, 0.2) is 0 Å². The van der Waals surface area contributed by atoms with Crippen LogP contribution in [0.25, 0.3) is 0 Å². The van der Waals surface area contributed by atoms with E-state index in [0.29, 0.717) is 31.9 Å². The summed E-state index contributed by atoms with van der Waals surface area (Å²) in [5.41, 5.74) is -0.219. The predicted octanol–water partition coefficient (Wildman–Crippen LogP) is 1.92. The van der Waals surface area contributed by atoms with Gasteiger partial charge in [0.1, 0.15) is 0 Å². The van der Waals surface area contributed by atoms with Gasteiger partial charge < -0.3 is 9.64 Å². The molecular formula is C11H11F3N3O3. The molecule has 6 nitrogen and oxygen atoms in total. The highest BCUT2D eigenvalue weighted by atomic mass is 19.4. The SMILES string of the molecule is O=[N+]([O-])c1cc(N2CC[N]CC2)ccc1OC(F)(F)F. The molecule has 0 atom stereocenters. The molecule has 1 aromatic carbocycles. The average molecular weight is 290 g/mol. The highest BCUT2D eigenvalue weighted by Gasteiger charge is 2.34. The molecule has 0 aromatic heterocycles. The maximum atomic E-state index is 12.2. The van der Waals surface area contributed by atoms with E-state index in [1.807, 2.05) is 4.90 Å². The number of piperazine rings is 1. The van der Waals surface area contributed by atoms with Crippen molar-refractivity contribution < 1.29 is 22.8 Å². The molecule has 9 heteroatoms. The standard InChI is InChI=1S/C11H11F3N3O3/c12-11(13,14)20-10-2-1-8(7-9(10)17(18)19)16-5-3-15-4-6-16/h1-2,7H,3-6H2. The second kappa shape index (κ2) is 5.53. The first-order chi connectivity index (χ1) is 9.37. The van der Waals surface area contributed by atoms with Crippen LogP contribution in [0.4, 0.5) is 24.5 Å². The normalized spacial score (nSPS) is 16.1. The van der Waals surface area contributed by atoms with E-state index < -0.39 is 22.7 Å². The Morgan fingerprint density at radius 2 is 1.95 bits per heavy atom. The fraction of sp³-hybridized carbons (Fsp3) is 0.455. The van der Waals surface area contributed by atoms with Crippen molar-refractivity contribution in [2.75, 3.05) is 31.1 Å². The Bertz CT molecular complexity index is 501. The van der Waals surface area contributed by atoms with Gasteiger partial charge in [-0.1, -0.05) is 0 Å². The average Bonchev–Trinajstić information content (AvgIpc) is 2.38. The van der Waals surface area contributed by atoms with Crippen LogP contribution in [0.3, 0.4) is 0 Å². The highest BCUT2D eigenvalue weighted by Crippen LogP contribution is 2.35. The third-order valence-electron chi connectivity index (χ3n) is 2.79. The van der Waals surface area contributed by atoms with Crippen LogP contribution in [0.1, 0.15) is 0 Å². The molecule has 0 spiro atoms. The topological polar surface area (TPSA) is 69.7 Å². The molecule has 0 N–H and O–H groups in total. The maximum Gasteiger partial charge on any atom is 0.573 e. The molecule has 0 saturated carbocycles. The van der Waals surface area contributed by atoms with E-state index in [-0.39, 0.29) is 0 Å². The van der Waals surface area contributed by atoms with Gasteiger partial charge in [-0.05, 0) is 12.1 Å². The number of alkyl halides is 3. The van der Waals surface area contributed by atoms with Gasteiger partial charge in [0.05, 0.1) is 4.92 Å². The number of hydrogen-bond donors (Lipinski definition) is 0. The summed E-state index contributed by atoms with van der Waals surface area (Å²) in [6.45, 7) is 2.34. The second-order valence-electron chi connectivity index (χ2n) is 4.11. The number of benzene rings is 1. The van der Waals surface area contributed by atoms with Gasteiger partial charge in [-0.2, -0.15) is 0 Å². The van der Waals surface area contributed by atoms with Crippen molar-refractivity contribution in [2.24, 2.45) is 0 Å². The summed E-state index contributed by atoms with van der Waals surface area (Å²) in [7, 11) is 0. The van der Waals surface area contributed by atoms with E-state index in [9.17, 15) is 23.3 Å². The number of nitro benzene ring substituents is 1. The van der Waals surface area contributed by atoms with Gasteiger partial charge in [-0.15, -0.1) is 13.2 Å². The molecule has 1 aliphatic heterocycles. The van der Waals surface area contributed by atoms with Crippen LogP contribution in [0.5, 0.6) is 5.75 Å². The van der Waals surface area contributed by atoms with Gasteiger partial charge in [-0.3, -0.25) is 10.1 Å². The molecule has 1 radical (unpaired) electrons. The number of rotatable bonds is 3. The number of hydrogen-bond acceptors (Lipinski definition) is 4. The summed E-state index contributed by atoms with van der Waals surface area (Å²) in [4.78, 5) is 11.8. The first kappa shape index (κ1) is 14.4. The molecule has 0 unspecified atom stereocenters. The van der Waals surface area contributed by atoms with Crippen molar-refractivity contribution in [3.05, 3.63) is 28.3 Å². The smallest absolute Gasteiger partial charge is 0.398 e. The highest BCUT2D eigenvalue weighted by molar-refractivity contribution is 5.60. The largest absolute Gasteiger partial charge is 0.573 e. The van der Waals surface area contributed by atoms with Gasteiger partial charge in [0, 0.05) is 37.9 Å². The minimum Gasteiger partial charge on any atom is -0.398 e. The van der Waals surface area contributed by atoms with Crippen molar-refractivity contribution in [2.45, 2.75) is 6.36 Å². The van der Waals surface area contributed by atoms with Crippen molar-refractivity contribution in [1.82, 2.24) is 5.32 Å². The Morgan fingerprint density at radius 3 is 2.50 bits per heavy atom. The summed E-state index contributed by atoms with van der Waals surface area (Å²) in [6.07, 6.45) is -4.96. The minimum absolute atomic E-state index is 0.487. The third kappa shape index (κ3) is 3.50. The Balaban J connectivity index is 2.29. The molecule has 109 valence electrons. The zero-order valence-electron chi connectivity index (χ0n) is 10.3. The summed E-state index contributed by atoms with van der Waals surface area (Å²) < 4.78 is 40.2. The number of nitrogens with zero attached hydrogens (tertiary/aromatic N) is 3. The van der Waals surface area contributed by atoms with E-state index in [1.54, 1.807) is 0 Å². The lowest BCUT2D eigenvalue weighted by atomic mass is 10.2. The van der Waals surface area contributed by atoms with Gasteiger partial charge in [0.25, 0.3) is 0 Å². The summed E-state index contributed by atoms with van der Waals surface area (Å²) in [5.74, 6) is -0.812. The lowest BCUT2D eigenvalue weighted by Gasteiger charge is -2.28. The lowest BCUT2D eigenvalue weighted by Crippen LogP contribution is -2.40. The van der Waals surface area contributed by atoms with Gasteiger partial charge >= 0.3 is 12.0 Å². The van der Waals surface area contributed by atoms with Crippen LogP contribution >= 0.6 is 0 Å². The molecule has 1 fully saturated rings. The molecule has 1 aromatic rings. The number of anilines is 1. The molecule has 2 rings (SSSR count). The third-order valence-corrected chi connectivity index (χ3v) is 2.79. The van der Waals surface area contributed by atoms with Gasteiger partial charge in [-0.25, -0.2) is 5.32 Å². The molecule has 1 saturated heterocycles. The monoisotopic (exact) mass is 290 g/mol. The first-order valence-corrected chi connectivity index (χ1v) is 5.79. The maximum absolute atomic E-state index is 12.2. The summed E-state index contributed by atoms with van der Waals surface area (Å²) in [5, 5.41) is 15.0. The molecule has 1 aliphatic rings. The van der Waals surface area contributed by atoms with E-state index in [4.69, 9.17) is 0 Å². The fourth-order valence-electron chi connectivity index (χ4n) is 1.92. The van der Waals surface area contributed by atoms with Crippen molar-refractivity contribution in [3.63, 3.8) is 0 Å². The minimum atomic E-state index is -4.96. The van der Waals surface area contributed by atoms with Crippen molar-refractivity contribution in [1.29, 1.82) is 0 Å². The van der Waals surface area contributed by atoms with Crippen molar-refractivity contribution >= 4 is 11.4 Å². The van der Waals surface area contributed by atoms with Crippen LogP contribution in [-0.2, 0) is 0 Å². The Labute approximate surface area is 112 Å². The van der Waals surface area contributed by atoms with Crippen LogP contribution < -0.4 is 15.0 Å². The molecule has 1 heterocycles. The van der Waals surface area contributed by atoms with E-state index in [1.165, 1.54) is 6.07 Å². The van der Waals surface area contributed by atoms with E-state index >= 15 is 0 Å². The molecule has 0 aliphatic carbocycles. The zero-order valence-corrected chi connectivity index (χ0v) is 10.3. The van der Waals surface area contributed by atoms with Crippen LogP contribution in [0.2, 0.25) is 0 Å². The van der Waals surface area contributed by atoms with E-state index in [0.717, 1.165) is 12.1 Å².